The van der Waals surface area contributed by atoms with Crippen LogP contribution in [0.1, 0.15) is 27.2 Å². The van der Waals surface area contributed by atoms with Crippen molar-refractivity contribution in [1.29, 1.82) is 0 Å². The SMILES string of the molecule is COCOc1c(Br)cc(C)cc1C(=O)c1ccc2n(c1=O)C=CC2. The molecule has 24 heavy (non-hydrogen) atoms. The van der Waals surface area contributed by atoms with Gasteiger partial charge in [-0.15, -0.1) is 0 Å². The summed E-state index contributed by atoms with van der Waals surface area (Å²) in [5.74, 6) is -0.000932. The molecule has 1 aliphatic heterocycles. The Morgan fingerprint density at radius 3 is 2.83 bits per heavy atom. The summed E-state index contributed by atoms with van der Waals surface area (Å²) in [7, 11) is 1.50. The maximum absolute atomic E-state index is 13.0. The first-order chi connectivity index (χ1) is 11.5. The quantitative estimate of drug-likeness (QED) is 0.582. The highest BCUT2D eigenvalue weighted by Crippen LogP contribution is 2.32. The zero-order valence-electron chi connectivity index (χ0n) is 13.3. The number of hydrogen-bond donors (Lipinski definition) is 0. The van der Waals surface area contributed by atoms with E-state index in [2.05, 4.69) is 15.9 Å². The predicted octanol–water partition coefficient (Wildman–Crippen LogP) is 3.16. The largest absolute Gasteiger partial charge is 0.466 e. The summed E-state index contributed by atoms with van der Waals surface area (Å²) in [4.78, 5) is 25.6. The van der Waals surface area contributed by atoms with E-state index in [1.54, 1.807) is 24.4 Å². The molecule has 2 aromatic rings. The molecule has 0 amide bonds. The molecule has 0 unspecified atom stereocenters. The number of aromatic nitrogens is 1. The maximum Gasteiger partial charge on any atom is 0.266 e. The molecule has 0 fully saturated rings. The van der Waals surface area contributed by atoms with Gasteiger partial charge in [-0.25, -0.2) is 0 Å². The number of rotatable bonds is 5. The number of benzene rings is 1. The van der Waals surface area contributed by atoms with Gasteiger partial charge in [0.2, 0.25) is 5.78 Å². The molecule has 0 bridgehead atoms. The smallest absolute Gasteiger partial charge is 0.266 e. The van der Waals surface area contributed by atoms with E-state index in [1.165, 1.54) is 11.7 Å². The summed E-state index contributed by atoms with van der Waals surface area (Å²) in [6.07, 6.45) is 4.28. The Morgan fingerprint density at radius 1 is 1.29 bits per heavy atom. The van der Waals surface area contributed by atoms with Gasteiger partial charge in [0.05, 0.1) is 15.6 Å². The number of allylic oxidation sites excluding steroid dienone is 1. The second kappa shape index (κ2) is 6.75. The fourth-order valence-corrected chi connectivity index (χ4v) is 3.37. The van der Waals surface area contributed by atoms with Gasteiger partial charge in [-0.3, -0.25) is 14.2 Å². The van der Waals surface area contributed by atoms with Gasteiger partial charge in [0.1, 0.15) is 5.75 Å². The Labute approximate surface area is 147 Å². The number of halogens is 1. The summed E-state index contributed by atoms with van der Waals surface area (Å²) < 4.78 is 12.6. The van der Waals surface area contributed by atoms with Crippen molar-refractivity contribution in [2.24, 2.45) is 0 Å². The number of carbonyl (C=O) groups is 1. The molecule has 0 N–H and O–H groups in total. The molecule has 0 saturated heterocycles. The van der Waals surface area contributed by atoms with E-state index in [0.29, 0.717) is 22.2 Å². The molecule has 0 spiro atoms. The number of carbonyl (C=O) groups excluding carboxylic acids is 1. The Morgan fingerprint density at radius 2 is 2.08 bits per heavy atom. The van der Waals surface area contributed by atoms with Crippen molar-refractivity contribution in [3.05, 3.63) is 67.6 Å². The van der Waals surface area contributed by atoms with Crippen LogP contribution in [0, 0.1) is 6.92 Å². The normalized spacial score (nSPS) is 12.3. The Balaban J connectivity index is 2.11. The molecule has 1 aromatic heterocycles. The van der Waals surface area contributed by atoms with E-state index >= 15 is 0 Å². The Bertz CT molecular complexity index is 899. The Kier molecular flexibility index (Phi) is 4.69. The van der Waals surface area contributed by atoms with Crippen molar-refractivity contribution in [3.8, 4) is 5.75 Å². The van der Waals surface area contributed by atoms with Crippen molar-refractivity contribution in [2.75, 3.05) is 13.9 Å². The third-order valence-electron chi connectivity index (χ3n) is 3.78. The van der Waals surface area contributed by atoms with Gasteiger partial charge in [-0.1, -0.05) is 6.08 Å². The van der Waals surface area contributed by atoms with Gasteiger partial charge in [0.25, 0.3) is 5.56 Å². The fourth-order valence-electron chi connectivity index (χ4n) is 2.68. The van der Waals surface area contributed by atoms with E-state index in [0.717, 1.165) is 11.3 Å². The molecular weight excluding hydrogens is 374 g/mol. The van der Waals surface area contributed by atoms with Crippen LogP contribution in [-0.2, 0) is 11.2 Å². The number of pyridine rings is 1. The zero-order chi connectivity index (χ0) is 17.3. The molecule has 0 aliphatic carbocycles. The molecular formula is C18H16BrNO4. The van der Waals surface area contributed by atoms with Gasteiger partial charge >= 0.3 is 0 Å². The molecule has 0 radical (unpaired) electrons. The monoisotopic (exact) mass is 389 g/mol. The van der Waals surface area contributed by atoms with Crippen molar-refractivity contribution >= 4 is 27.9 Å². The topological polar surface area (TPSA) is 57.5 Å². The highest BCUT2D eigenvalue weighted by Gasteiger charge is 2.22. The van der Waals surface area contributed by atoms with Crippen molar-refractivity contribution in [1.82, 2.24) is 4.57 Å². The minimum absolute atomic E-state index is 0.00779. The average molecular weight is 390 g/mol. The van der Waals surface area contributed by atoms with Gasteiger partial charge in [-0.2, -0.15) is 0 Å². The summed E-state index contributed by atoms with van der Waals surface area (Å²) in [5, 5.41) is 0. The number of nitrogens with zero attached hydrogens (tertiary/aromatic N) is 1. The zero-order valence-corrected chi connectivity index (χ0v) is 14.9. The van der Waals surface area contributed by atoms with Gasteiger partial charge in [0.15, 0.2) is 6.79 Å². The molecule has 5 nitrogen and oxygen atoms in total. The van der Waals surface area contributed by atoms with Crippen LogP contribution in [0.5, 0.6) is 5.75 Å². The molecule has 1 aromatic carbocycles. The second-order valence-electron chi connectivity index (χ2n) is 5.51. The number of ether oxygens (including phenoxy) is 2. The molecule has 2 heterocycles. The third kappa shape index (κ3) is 2.95. The maximum atomic E-state index is 13.0. The summed E-state index contributed by atoms with van der Waals surface area (Å²) >= 11 is 3.41. The van der Waals surface area contributed by atoms with Gasteiger partial charge in [-0.05, 0) is 52.7 Å². The molecule has 6 heteroatoms. The number of ketones is 1. The minimum Gasteiger partial charge on any atom is -0.466 e. The van der Waals surface area contributed by atoms with Crippen LogP contribution in [0.2, 0.25) is 0 Å². The van der Waals surface area contributed by atoms with E-state index in [-0.39, 0.29) is 23.7 Å². The van der Waals surface area contributed by atoms with Crippen LogP contribution in [-0.4, -0.2) is 24.3 Å². The van der Waals surface area contributed by atoms with Crippen LogP contribution in [0.25, 0.3) is 6.20 Å². The van der Waals surface area contributed by atoms with Gasteiger partial charge < -0.3 is 9.47 Å². The van der Waals surface area contributed by atoms with Crippen LogP contribution in [0.4, 0.5) is 0 Å². The second-order valence-corrected chi connectivity index (χ2v) is 6.36. The summed E-state index contributed by atoms with van der Waals surface area (Å²) in [6, 6.07) is 6.94. The highest BCUT2D eigenvalue weighted by atomic mass is 79.9. The first kappa shape index (κ1) is 16.7. The standard InChI is InChI=1S/C18H16BrNO4/c1-11-8-14(17(15(19)9-11)24-10-23-2)16(21)13-6-5-12-4-3-7-20(12)18(13)22/h3,5-9H,4,10H2,1-2H3. The van der Waals surface area contributed by atoms with Crippen LogP contribution < -0.4 is 10.3 Å². The first-order valence-electron chi connectivity index (χ1n) is 7.40. The lowest BCUT2D eigenvalue weighted by molar-refractivity contribution is 0.0498. The lowest BCUT2D eigenvalue weighted by Crippen LogP contribution is -2.25. The summed E-state index contributed by atoms with van der Waals surface area (Å²) in [6.45, 7) is 1.88. The van der Waals surface area contributed by atoms with E-state index in [9.17, 15) is 9.59 Å². The molecule has 0 saturated carbocycles. The van der Waals surface area contributed by atoms with Crippen molar-refractivity contribution in [3.63, 3.8) is 0 Å². The van der Waals surface area contributed by atoms with Crippen LogP contribution >= 0.6 is 15.9 Å². The molecule has 1 aliphatic rings. The van der Waals surface area contributed by atoms with Crippen molar-refractivity contribution in [2.45, 2.75) is 13.3 Å². The first-order valence-corrected chi connectivity index (χ1v) is 8.20. The lowest BCUT2D eigenvalue weighted by atomic mass is 10.0. The average Bonchev–Trinajstić information content (AvgIpc) is 3.03. The van der Waals surface area contributed by atoms with Gasteiger partial charge in [0, 0.05) is 25.4 Å². The van der Waals surface area contributed by atoms with E-state index in [1.807, 2.05) is 19.1 Å². The van der Waals surface area contributed by atoms with Crippen molar-refractivity contribution < 1.29 is 14.3 Å². The molecule has 3 rings (SSSR count). The number of methoxy groups -OCH3 is 1. The lowest BCUT2D eigenvalue weighted by Gasteiger charge is -2.13. The molecule has 0 atom stereocenters. The summed E-state index contributed by atoms with van der Waals surface area (Å²) in [5.41, 5.74) is 1.89. The Hall–Kier alpha value is -2.18. The van der Waals surface area contributed by atoms with E-state index < -0.39 is 0 Å². The number of hydrogen-bond acceptors (Lipinski definition) is 4. The minimum atomic E-state index is -0.369. The van der Waals surface area contributed by atoms with E-state index in [4.69, 9.17) is 9.47 Å². The highest BCUT2D eigenvalue weighted by molar-refractivity contribution is 9.10. The molecule has 124 valence electrons. The number of aryl methyl sites for hydroxylation is 1. The fraction of sp³-hybridized carbons (Fsp3) is 0.222. The van der Waals surface area contributed by atoms with Crippen LogP contribution in [0.15, 0.2) is 39.6 Å². The number of fused-ring (bicyclic) bond motifs is 1. The van der Waals surface area contributed by atoms with Crippen LogP contribution in [0.3, 0.4) is 0 Å². The third-order valence-corrected chi connectivity index (χ3v) is 4.37. The predicted molar refractivity (Wildman–Crippen MR) is 94.6 cm³/mol.